The number of amides is 1. The molecule has 1 amide bonds. The third-order valence-corrected chi connectivity index (χ3v) is 4.34. The third kappa shape index (κ3) is 2.69. The maximum atomic E-state index is 13.8. The lowest BCUT2D eigenvalue weighted by Gasteiger charge is -2.06. The number of hydrogen-bond acceptors (Lipinski definition) is 1. The monoisotopic (exact) mass is 350 g/mol. The quantitative estimate of drug-likeness (QED) is 0.674. The molecule has 6 heteroatoms. The van der Waals surface area contributed by atoms with Crippen LogP contribution >= 0.6 is 23.2 Å². The second-order valence-electron chi connectivity index (χ2n) is 5.21. The summed E-state index contributed by atoms with van der Waals surface area (Å²) in [6, 6.07) is 8.07. The Balaban J connectivity index is 2.32. The Kier molecular flexibility index (Phi) is 4.04. The first-order chi connectivity index (χ1) is 10.9. The summed E-state index contributed by atoms with van der Waals surface area (Å²) in [7, 11) is 1.57. The standard InChI is InChI=1S/C17H13Cl2FN2O/c1-8-11-6-10(18)7-12(9-3-4-13(19)14(20)5-9)16(11)22-15(8)17(23)21-2/h3-7,22H,1-2H3,(H,21,23). The first kappa shape index (κ1) is 15.8. The van der Waals surface area contributed by atoms with E-state index in [1.165, 1.54) is 12.1 Å². The summed E-state index contributed by atoms with van der Waals surface area (Å²) in [6.45, 7) is 1.84. The van der Waals surface area contributed by atoms with Gasteiger partial charge in [-0.3, -0.25) is 4.79 Å². The molecule has 3 nitrogen and oxygen atoms in total. The number of aromatic amines is 1. The van der Waals surface area contributed by atoms with Crippen LogP contribution in [-0.4, -0.2) is 17.9 Å². The molecule has 2 N–H and O–H groups in total. The number of rotatable bonds is 2. The zero-order valence-electron chi connectivity index (χ0n) is 12.4. The summed E-state index contributed by atoms with van der Waals surface area (Å²) in [6.07, 6.45) is 0. The van der Waals surface area contributed by atoms with Crippen LogP contribution in [0.1, 0.15) is 16.1 Å². The Morgan fingerprint density at radius 1 is 1.22 bits per heavy atom. The minimum absolute atomic E-state index is 0.0562. The SMILES string of the molecule is CNC(=O)c1[nH]c2c(-c3ccc(Cl)c(F)c3)cc(Cl)cc2c1C. The van der Waals surface area contributed by atoms with Gasteiger partial charge in [-0.15, -0.1) is 0 Å². The number of carbonyl (C=O) groups excluding carboxylic acids is 1. The smallest absolute Gasteiger partial charge is 0.267 e. The molecular formula is C17H13Cl2FN2O. The van der Waals surface area contributed by atoms with Gasteiger partial charge in [-0.1, -0.05) is 29.3 Å². The van der Waals surface area contributed by atoms with E-state index in [1.54, 1.807) is 25.2 Å². The van der Waals surface area contributed by atoms with Gasteiger partial charge >= 0.3 is 0 Å². The minimum atomic E-state index is -0.507. The summed E-state index contributed by atoms with van der Waals surface area (Å²) in [5.41, 5.74) is 3.32. The molecule has 0 aliphatic rings. The molecule has 0 aliphatic heterocycles. The molecule has 23 heavy (non-hydrogen) atoms. The maximum absolute atomic E-state index is 13.8. The molecule has 0 aliphatic carbocycles. The van der Waals surface area contributed by atoms with Crippen LogP contribution in [0.25, 0.3) is 22.0 Å². The number of benzene rings is 2. The Morgan fingerprint density at radius 3 is 2.61 bits per heavy atom. The molecule has 0 saturated heterocycles. The highest BCUT2D eigenvalue weighted by Crippen LogP contribution is 2.35. The topological polar surface area (TPSA) is 44.9 Å². The fraction of sp³-hybridized carbons (Fsp3) is 0.118. The van der Waals surface area contributed by atoms with Crippen molar-refractivity contribution in [1.29, 1.82) is 0 Å². The van der Waals surface area contributed by atoms with Gasteiger partial charge in [0.15, 0.2) is 0 Å². The van der Waals surface area contributed by atoms with Crippen molar-refractivity contribution in [2.24, 2.45) is 0 Å². The van der Waals surface area contributed by atoms with Gasteiger partial charge in [0.05, 0.1) is 10.5 Å². The van der Waals surface area contributed by atoms with Crippen LogP contribution in [0.5, 0.6) is 0 Å². The second kappa shape index (κ2) is 5.87. The van der Waals surface area contributed by atoms with Crippen molar-refractivity contribution < 1.29 is 9.18 Å². The highest BCUT2D eigenvalue weighted by atomic mass is 35.5. The van der Waals surface area contributed by atoms with Gasteiger partial charge in [0.25, 0.3) is 5.91 Å². The lowest BCUT2D eigenvalue weighted by atomic mass is 10.0. The molecule has 3 aromatic rings. The first-order valence-electron chi connectivity index (χ1n) is 6.91. The third-order valence-electron chi connectivity index (χ3n) is 3.82. The molecule has 3 rings (SSSR count). The molecule has 1 aromatic heterocycles. The summed E-state index contributed by atoms with van der Waals surface area (Å²) in [5, 5.41) is 3.98. The van der Waals surface area contributed by atoms with Gasteiger partial charge in [0, 0.05) is 23.0 Å². The van der Waals surface area contributed by atoms with E-state index in [0.717, 1.165) is 16.5 Å². The van der Waals surface area contributed by atoms with Crippen LogP contribution in [0, 0.1) is 12.7 Å². The molecule has 0 spiro atoms. The molecule has 0 radical (unpaired) electrons. The zero-order chi connectivity index (χ0) is 16.7. The van der Waals surface area contributed by atoms with Crippen molar-refractivity contribution >= 4 is 40.0 Å². The molecule has 1 heterocycles. The highest BCUT2D eigenvalue weighted by molar-refractivity contribution is 6.32. The predicted octanol–water partition coefficient (Wildman–Crippen LogP) is 4.95. The zero-order valence-corrected chi connectivity index (χ0v) is 13.9. The van der Waals surface area contributed by atoms with Crippen molar-refractivity contribution in [3.63, 3.8) is 0 Å². The van der Waals surface area contributed by atoms with Gasteiger partial charge in [-0.05, 0) is 42.3 Å². The predicted molar refractivity (Wildman–Crippen MR) is 91.8 cm³/mol. The summed E-state index contributed by atoms with van der Waals surface area (Å²) < 4.78 is 13.8. The van der Waals surface area contributed by atoms with Crippen LogP contribution in [0.4, 0.5) is 4.39 Å². The van der Waals surface area contributed by atoms with Gasteiger partial charge in [-0.25, -0.2) is 4.39 Å². The average Bonchev–Trinajstić information content (AvgIpc) is 2.86. The van der Waals surface area contributed by atoms with Crippen molar-refractivity contribution in [1.82, 2.24) is 10.3 Å². The Labute approximate surface area is 142 Å². The first-order valence-corrected chi connectivity index (χ1v) is 7.67. The number of carbonyl (C=O) groups is 1. The van der Waals surface area contributed by atoms with Crippen LogP contribution in [0.3, 0.4) is 0 Å². The molecule has 2 aromatic carbocycles. The van der Waals surface area contributed by atoms with Crippen molar-refractivity contribution in [3.05, 3.63) is 57.5 Å². The molecule has 0 bridgehead atoms. The molecule has 0 unspecified atom stereocenters. The Morgan fingerprint density at radius 2 is 1.96 bits per heavy atom. The Hall–Kier alpha value is -2.04. The second-order valence-corrected chi connectivity index (χ2v) is 6.05. The van der Waals surface area contributed by atoms with Crippen LogP contribution in [0.2, 0.25) is 10.0 Å². The number of halogens is 3. The van der Waals surface area contributed by atoms with Crippen molar-refractivity contribution in [2.45, 2.75) is 6.92 Å². The van der Waals surface area contributed by atoms with Gasteiger partial charge in [-0.2, -0.15) is 0 Å². The average molecular weight is 351 g/mol. The Bertz CT molecular complexity index is 934. The fourth-order valence-corrected chi connectivity index (χ4v) is 2.97. The number of hydrogen-bond donors (Lipinski definition) is 2. The fourth-order valence-electron chi connectivity index (χ4n) is 2.63. The summed E-state index contributed by atoms with van der Waals surface area (Å²) in [5.74, 6) is -0.727. The summed E-state index contributed by atoms with van der Waals surface area (Å²) in [4.78, 5) is 15.1. The van der Waals surface area contributed by atoms with Gasteiger partial charge < -0.3 is 10.3 Å². The number of fused-ring (bicyclic) bond motifs is 1. The van der Waals surface area contributed by atoms with E-state index < -0.39 is 5.82 Å². The van der Waals surface area contributed by atoms with Crippen LogP contribution in [0.15, 0.2) is 30.3 Å². The van der Waals surface area contributed by atoms with Crippen molar-refractivity contribution in [2.75, 3.05) is 7.05 Å². The number of H-pyrrole nitrogens is 1. The minimum Gasteiger partial charge on any atom is -0.354 e. The summed E-state index contributed by atoms with van der Waals surface area (Å²) >= 11 is 12.0. The lowest BCUT2D eigenvalue weighted by molar-refractivity contribution is 0.0958. The number of aromatic nitrogens is 1. The van der Waals surface area contributed by atoms with Gasteiger partial charge in [0.2, 0.25) is 0 Å². The van der Waals surface area contributed by atoms with E-state index in [0.29, 0.717) is 21.8 Å². The molecule has 0 fully saturated rings. The van der Waals surface area contributed by atoms with Gasteiger partial charge in [0.1, 0.15) is 11.5 Å². The number of aryl methyl sites for hydroxylation is 1. The lowest BCUT2D eigenvalue weighted by Crippen LogP contribution is -2.19. The van der Waals surface area contributed by atoms with Crippen molar-refractivity contribution in [3.8, 4) is 11.1 Å². The van der Waals surface area contributed by atoms with Crippen LogP contribution < -0.4 is 5.32 Å². The van der Waals surface area contributed by atoms with E-state index in [-0.39, 0.29) is 10.9 Å². The van der Waals surface area contributed by atoms with E-state index >= 15 is 0 Å². The maximum Gasteiger partial charge on any atom is 0.267 e. The van der Waals surface area contributed by atoms with E-state index in [1.807, 2.05) is 6.92 Å². The molecule has 0 saturated carbocycles. The number of nitrogens with one attached hydrogen (secondary N) is 2. The van der Waals surface area contributed by atoms with Crippen LogP contribution in [-0.2, 0) is 0 Å². The van der Waals surface area contributed by atoms with E-state index in [9.17, 15) is 9.18 Å². The molecular weight excluding hydrogens is 338 g/mol. The highest BCUT2D eigenvalue weighted by Gasteiger charge is 2.17. The molecule has 0 atom stereocenters. The van der Waals surface area contributed by atoms with E-state index in [2.05, 4.69) is 10.3 Å². The largest absolute Gasteiger partial charge is 0.354 e. The normalized spacial score (nSPS) is 11.0. The molecule has 118 valence electrons. The van der Waals surface area contributed by atoms with E-state index in [4.69, 9.17) is 23.2 Å².